The van der Waals surface area contributed by atoms with Gasteiger partial charge in [-0.2, -0.15) is 0 Å². The van der Waals surface area contributed by atoms with Gasteiger partial charge in [0.05, 0.1) is 17.5 Å². The van der Waals surface area contributed by atoms with Gasteiger partial charge in [0.1, 0.15) is 11.4 Å². The van der Waals surface area contributed by atoms with Crippen molar-refractivity contribution in [2.45, 2.75) is 32.8 Å². The van der Waals surface area contributed by atoms with Crippen LogP contribution >= 0.6 is 0 Å². The molecule has 0 radical (unpaired) electrons. The van der Waals surface area contributed by atoms with E-state index in [4.69, 9.17) is 4.74 Å². The largest absolute Gasteiger partial charge is 0.490 e. The third-order valence-corrected chi connectivity index (χ3v) is 3.50. The van der Waals surface area contributed by atoms with Gasteiger partial charge >= 0.3 is 0 Å². The van der Waals surface area contributed by atoms with Crippen molar-refractivity contribution >= 4 is 5.82 Å². The monoisotopic (exact) mass is 269 g/mol. The van der Waals surface area contributed by atoms with Crippen LogP contribution in [0.4, 0.5) is 5.82 Å². The molecule has 4 nitrogen and oxygen atoms in total. The number of rotatable bonds is 4. The highest BCUT2D eigenvalue weighted by Crippen LogP contribution is 2.30. The predicted molar refractivity (Wildman–Crippen MR) is 80.1 cm³/mol. The van der Waals surface area contributed by atoms with Crippen molar-refractivity contribution in [1.29, 1.82) is 0 Å². The molecule has 104 valence electrons. The number of nitrogens with zero attached hydrogens (tertiary/aromatic N) is 2. The van der Waals surface area contributed by atoms with Crippen LogP contribution in [0.2, 0.25) is 0 Å². The molecule has 1 aromatic heterocycles. The Balaban J connectivity index is 1.93. The second kappa shape index (κ2) is 5.12. The molecule has 0 atom stereocenters. The molecule has 0 aliphatic heterocycles. The van der Waals surface area contributed by atoms with E-state index in [1.165, 1.54) is 12.8 Å². The lowest BCUT2D eigenvalue weighted by Crippen LogP contribution is -2.03. The lowest BCUT2D eigenvalue weighted by Gasteiger charge is -2.11. The van der Waals surface area contributed by atoms with Crippen LogP contribution < -0.4 is 10.1 Å². The zero-order chi connectivity index (χ0) is 14.1. The molecule has 0 amide bonds. The van der Waals surface area contributed by atoms with Crippen LogP contribution in [0.3, 0.4) is 0 Å². The van der Waals surface area contributed by atoms with Gasteiger partial charge in [-0.25, -0.2) is 9.97 Å². The lowest BCUT2D eigenvalue weighted by molar-refractivity contribution is 0.303. The fourth-order valence-electron chi connectivity index (χ4n) is 2.05. The maximum atomic E-state index is 5.76. The Kier molecular flexibility index (Phi) is 3.30. The van der Waals surface area contributed by atoms with E-state index in [-0.39, 0.29) is 0 Å². The minimum absolute atomic E-state index is 0.426. The van der Waals surface area contributed by atoms with Gasteiger partial charge in [0, 0.05) is 12.6 Å². The molecular formula is C16H19N3O. The van der Waals surface area contributed by atoms with Gasteiger partial charge in [-0.15, -0.1) is 0 Å². The SMILES string of the molecule is CNc1nc(C)c(C)nc1-c1ccc(OC2CC2)cc1. The molecular weight excluding hydrogens is 250 g/mol. The second-order valence-electron chi connectivity index (χ2n) is 5.18. The number of hydrogen-bond donors (Lipinski definition) is 1. The minimum Gasteiger partial charge on any atom is -0.490 e. The summed E-state index contributed by atoms with van der Waals surface area (Å²) in [5, 5.41) is 3.11. The molecule has 0 saturated heterocycles. The number of aromatic nitrogens is 2. The van der Waals surface area contributed by atoms with Crippen molar-refractivity contribution in [2.24, 2.45) is 0 Å². The van der Waals surface area contributed by atoms with Crippen molar-refractivity contribution in [3.8, 4) is 17.0 Å². The van der Waals surface area contributed by atoms with Crippen molar-refractivity contribution < 1.29 is 4.74 Å². The minimum atomic E-state index is 0.426. The van der Waals surface area contributed by atoms with Crippen LogP contribution in [0.5, 0.6) is 5.75 Å². The Morgan fingerprint density at radius 3 is 2.30 bits per heavy atom. The van der Waals surface area contributed by atoms with Crippen LogP contribution in [0.1, 0.15) is 24.2 Å². The summed E-state index contributed by atoms with van der Waals surface area (Å²) in [4.78, 5) is 9.19. The summed E-state index contributed by atoms with van der Waals surface area (Å²) < 4.78 is 5.76. The fraction of sp³-hybridized carbons (Fsp3) is 0.375. The zero-order valence-electron chi connectivity index (χ0n) is 12.1. The summed E-state index contributed by atoms with van der Waals surface area (Å²) in [5.41, 5.74) is 3.84. The summed E-state index contributed by atoms with van der Waals surface area (Å²) in [5.74, 6) is 1.74. The molecule has 1 aliphatic rings. The van der Waals surface area contributed by atoms with Crippen LogP contribution in [0, 0.1) is 13.8 Å². The maximum absolute atomic E-state index is 5.76. The van der Waals surface area contributed by atoms with E-state index in [9.17, 15) is 0 Å². The average Bonchev–Trinajstić information content (AvgIpc) is 3.26. The molecule has 1 heterocycles. The number of anilines is 1. The number of ether oxygens (including phenoxy) is 1. The first-order valence-corrected chi connectivity index (χ1v) is 6.97. The van der Waals surface area contributed by atoms with Crippen LogP contribution in [-0.4, -0.2) is 23.1 Å². The quantitative estimate of drug-likeness (QED) is 0.924. The van der Waals surface area contributed by atoms with Gasteiger partial charge in [0.2, 0.25) is 0 Å². The Morgan fingerprint density at radius 1 is 1.05 bits per heavy atom. The van der Waals surface area contributed by atoms with E-state index in [0.717, 1.165) is 34.2 Å². The van der Waals surface area contributed by atoms with Gasteiger partial charge in [0.15, 0.2) is 5.82 Å². The summed E-state index contributed by atoms with van der Waals surface area (Å²) in [6.45, 7) is 3.95. The zero-order valence-corrected chi connectivity index (χ0v) is 12.1. The normalized spacial score (nSPS) is 14.2. The molecule has 1 aliphatic carbocycles. The van der Waals surface area contributed by atoms with E-state index in [0.29, 0.717) is 6.10 Å². The summed E-state index contributed by atoms with van der Waals surface area (Å²) >= 11 is 0. The fourth-order valence-corrected chi connectivity index (χ4v) is 2.05. The van der Waals surface area contributed by atoms with Gasteiger partial charge in [-0.1, -0.05) is 0 Å². The molecule has 0 bridgehead atoms. The van der Waals surface area contributed by atoms with Gasteiger partial charge in [-0.3, -0.25) is 0 Å². The van der Waals surface area contributed by atoms with Crippen LogP contribution in [0.15, 0.2) is 24.3 Å². The van der Waals surface area contributed by atoms with E-state index >= 15 is 0 Å². The Bertz CT molecular complexity index is 618. The highest BCUT2D eigenvalue weighted by atomic mass is 16.5. The Hall–Kier alpha value is -2.10. The third-order valence-electron chi connectivity index (χ3n) is 3.50. The molecule has 1 aromatic carbocycles. The van der Waals surface area contributed by atoms with Crippen LogP contribution in [0.25, 0.3) is 11.3 Å². The standard InChI is InChI=1S/C16H19N3O/c1-10-11(2)19-16(17-3)15(18-10)12-4-6-13(7-5-12)20-14-8-9-14/h4-7,14H,8-9H2,1-3H3,(H,17,19). The lowest BCUT2D eigenvalue weighted by atomic mass is 10.1. The van der Waals surface area contributed by atoms with Gasteiger partial charge in [0.25, 0.3) is 0 Å². The van der Waals surface area contributed by atoms with Crippen molar-refractivity contribution in [3.05, 3.63) is 35.7 Å². The van der Waals surface area contributed by atoms with Gasteiger partial charge < -0.3 is 10.1 Å². The number of hydrogen-bond acceptors (Lipinski definition) is 4. The smallest absolute Gasteiger partial charge is 0.152 e. The molecule has 2 aromatic rings. The Labute approximate surface area is 119 Å². The molecule has 1 saturated carbocycles. The van der Waals surface area contributed by atoms with Crippen molar-refractivity contribution in [1.82, 2.24) is 9.97 Å². The van der Waals surface area contributed by atoms with E-state index < -0.39 is 0 Å². The number of nitrogens with one attached hydrogen (secondary N) is 1. The number of benzene rings is 1. The van der Waals surface area contributed by atoms with Crippen LogP contribution in [-0.2, 0) is 0 Å². The van der Waals surface area contributed by atoms with E-state index in [1.54, 1.807) is 0 Å². The highest BCUT2D eigenvalue weighted by molar-refractivity contribution is 5.72. The number of aryl methyl sites for hydroxylation is 2. The molecule has 0 spiro atoms. The molecule has 3 rings (SSSR count). The first kappa shape index (κ1) is 12.9. The summed E-state index contributed by atoms with van der Waals surface area (Å²) in [6, 6.07) is 8.09. The van der Waals surface area contributed by atoms with E-state index in [1.807, 2.05) is 45.2 Å². The Morgan fingerprint density at radius 2 is 1.70 bits per heavy atom. The maximum Gasteiger partial charge on any atom is 0.152 e. The molecule has 1 N–H and O–H groups in total. The van der Waals surface area contributed by atoms with Crippen molar-refractivity contribution in [3.63, 3.8) is 0 Å². The molecule has 1 fully saturated rings. The first-order chi connectivity index (χ1) is 9.67. The molecule has 0 unspecified atom stereocenters. The van der Waals surface area contributed by atoms with E-state index in [2.05, 4.69) is 15.3 Å². The highest BCUT2D eigenvalue weighted by Gasteiger charge is 2.23. The van der Waals surface area contributed by atoms with Gasteiger partial charge in [-0.05, 0) is 51.0 Å². The second-order valence-corrected chi connectivity index (χ2v) is 5.18. The molecule has 4 heteroatoms. The van der Waals surface area contributed by atoms with Crippen molar-refractivity contribution in [2.75, 3.05) is 12.4 Å². The summed E-state index contributed by atoms with van der Waals surface area (Å²) in [6.07, 6.45) is 2.78. The third kappa shape index (κ3) is 2.59. The molecule has 20 heavy (non-hydrogen) atoms. The average molecular weight is 269 g/mol. The topological polar surface area (TPSA) is 47.0 Å². The first-order valence-electron chi connectivity index (χ1n) is 6.97. The predicted octanol–water partition coefficient (Wildman–Crippen LogP) is 3.34. The summed E-state index contributed by atoms with van der Waals surface area (Å²) in [7, 11) is 1.87.